The van der Waals surface area contributed by atoms with Crippen LogP contribution in [0.15, 0.2) is 29.3 Å². The van der Waals surface area contributed by atoms with E-state index < -0.39 is 6.04 Å². The highest BCUT2D eigenvalue weighted by molar-refractivity contribution is 6.19. The highest BCUT2D eigenvalue weighted by Gasteiger charge is 2.54. The summed E-state index contributed by atoms with van der Waals surface area (Å²) >= 11 is 0. The van der Waals surface area contributed by atoms with Crippen LogP contribution in [-0.4, -0.2) is 52.8 Å². The molecule has 2 aliphatic heterocycles. The van der Waals surface area contributed by atoms with E-state index >= 15 is 0 Å². The fraction of sp³-hybridized carbons (Fsp3) is 0.455. The molecule has 1 aromatic carbocycles. The second kappa shape index (κ2) is 7.27. The Kier molecular flexibility index (Phi) is 4.88. The molecular weight excluding hydrogens is 382 g/mol. The van der Waals surface area contributed by atoms with Crippen molar-refractivity contribution >= 4 is 23.7 Å². The van der Waals surface area contributed by atoms with E-state index in [0.29, 0.717) is 30.0 Å². The number of methoxy groups -OCH3 is 1. The highest BCUT2D eigenvalue weighted by atomic mass is 16.5. The van der Waals surface area contributed by atoms with Crippen LogP contribution in [0.2, 0.25) is 0 Å². The average Bonchev–Trinajstić information content (AvgIpc) is 3.22. The van der Waals surface area contributed by atoms with Crippen molar-refractivity contribution in [2.24, 2.45) is 10.9 Å². The molecule has 1 atom stereocenters. The summed E-state index contributed by atoms with van der Waals surface area (Å²) in [5.41, 5.74) is 2.74. The zero-order valence-corrected chi connectivity index (χ0v) is 18.3. The largest absolute Gasteiger partial charge is 0.493 e. The average molecular weight is 410 g/mol. The number of fused-ring (bicyclic) bond motifs is 3. The lowest BCUT2D eigenvalue weighted by Gasteiger charge is -2.33. The summed E-state index contributed by atoms with van der Waals surface area (Å²) in [6, 6.07) is 6.75. The van der Waals surface area contributed by atoms with Gasteiger partial charge in [-0.2, -0.15) is 4.57 Å². The quantitative estimate of drug-likeness (QED) is 0.712. The molecule has 1 unspecified atom stereocenters. The first-order chi connectivity index (χ1) is 14.3. The molecule has 0 bridgehead atoms. The molecule has 0 spiro atoms. The van der Waals surface area contributed by atoms with Gasteiger partial charge in [-0.25, -0.2) is 9.36 Å². The maximum Gasteiger partial charge on any atom is 0.407 e. The molecule has 1 aromatic heterocycles. The number of aromatic nitrogens is 2. The van der Waals surface area contributed by atoms with Gasteiger partial charge in [0.25, 0.3) is 5.91 Å². The van der Waals surface area contributed by atoms with E-state index in [1.807, 2.05) is 47.2 Å². The number of urea groups is 1. The summed E-state index contributed by atoms with van der Waals surface area (Å²) in [5, 5.41) is 0. The van der Waals surface area contributed by atoms with Crippen molar-refractivity contribution in [2.75, 3.05) is 20.7 Å². The Morgan fingerprint density at radius 1 is 1.20 bits per heavy atom. The van der Waals surface area contributed by atoms with Crippen molar-refractivity contribution in [1.82, 2.24) is 14.4 Å². The third-order valence-electron chi connectivity index (χ3n) is 5.97. The number of hydrogen-bond acceptors (Lipinski definition) is 4. The third-order valence-corrected chi connectivity index (χ3v) is 5.97. The fourth-order valence-electron chi connectivity index (χ4n) is 4.13. The number of imidazole rings is 1. The predicted molar refractivity (Wildman–Crippen MR) is 112 cm³/mol. The first-order valence-corrected chi connectivity index (χ1v) is 10.2. The van der Waals surface area contributed by atoms with Crippen LogP contribution in [0.5, 0.6) is 5.75 Å². The Hall–Kier alpha value is -3.16. The van der Waals surface area contributed by atoms with Gasteiger partial charge in [0, 0.05) is 13.6 Å². The SMILES string of the molecule is COc1ccccc1-n1c(C)c(C)[n+]2c1N=C1C2C(=O)N(CCC(C)C)C(=O)N1C. The van der Waals surface area contributed by atoms with E-state index in [1.165, 1.54) is 9.80 Å². The van der Waals surface area contributed by atoms with Crippen molar-refractivity contribution in [1.29, 1.82) is 0 Å². The number of nitrogens with zero attached hydrogens (tertiary/aromatic N) is 5. The van der Waals surface area contributed by atoms with Crippen LogP contribution in [0.25, 0.3) is 5.69 Å². The summed E-state index contributed by atoms with van der Waals surface area (Å²) in [6.07, 6.45) is 0.766. The molecule has 0 aliphatic carbocycles. The Labute approximate surface area is 176 Å². The van der Waals surface area contributed by atoms with E-state index in [1.54, 1.807) is 14.2 Å². The van der Waals surface area contributed by atoms with Crippen LogP contribution in [-0.2, 0) is 4.79 Å². The number of hydrogen-bond donors (Lipinski definition) is 0. The molecule has 2 aromatic rings. The van der Waals surface area contributed by atoms with Crippen molar-refractivity contribution in [3.05, 3.63) is 35.7 Å². The first-order valence-electron chi connectivity index (χ1n) is 10.2. The number of para-hydroxylation sites is 2. The normalized spacial score (nSPS) is 18.1. The van der Waals surface area contributed by atoms with Crippen molar-refractivity contribution in [3.63, 3.8) is 0 Å². The van der Waals surface area contributed by atoms with E-state index in [0.717, 1.165) is 23.5 Å². The zero-order chi connectivity index (χ0) is 21.7. The van der Waals surface area contributed by atoms with Crippen LogP contribution < -0.4 is 9.30 Å². The molecular formula is C22H28N5O3+. The molecule has 2 aliphatic rings. The predicted octanol–water partition coefficient (Wildman–Crippen LogP) is 2.92. The molecule has 8 heteroatoms. The highest BCUT2D eigenvalue weighted by Crippen LogP contribution is 2.35. The Morgan fingerprint density at radius 2 is 1.90 bits per heavy atom. The number of benzene rings is 1. The number of carbonyl (C=O) groups is 2. The number of aliphatic imine (C=N–C) groups is 1. The lowest BCUT2D eigenvalue weighted by atomic mass is 10.1. The van der Waals surface area contributed by atoms with Gasteiger partial charge >= 0.3 is 12.0 Å². The summed E-state index contributed by atoms with van der Waals surface area (Å²) in [7, 11) is 3.32. The molecule has 0 N–H and O–H groups in total. The molecule has 4 rings (SSSR count). The molecule has 1 fully saturated rings. The van der Waals surface area contributed by atoms with Gasteiger partial charge in [-0.15, -0.1) is 0 Å². The molecule has 158 valence electrons. The number of amidine groups is 1. The van der Waals surface area contributed by atoms with Gasteiger partial charge in [0.1, 0.15) is 17.1 Å². The van der Waals surface area contributed by atoms with Gasteiger partial charge in [0.2, 0.25) is 11.9 Å². The van der Waals surface area contributed by atoms with E-state index in [2.05, 4.69) is 13.8 Å². The smallest absolute Gasteiger partial charge is 0.407 e. The number of ether oxygens (including phenoxy) is 1. The van der Waals surface area contributed by atoms with Crippen LogP contribution in [0.4, 0.5) is 10.7 Å². The second-order valence-electron chi connectivity index (χ2n) is 8.23. The van der Waals surface area contributed by atoms with E-state index in [-0.39, 0.29) is 11.9 Å². The van der Waals surface area contributed by atoms with Crippen LogP contribution in [0.1, 0.15) is 37.7 Å². The van der Waals surface area contributed by atoms with Crippen LogP contribution in [0, 0.1) is 19.8 Å². The standard InChI is InChI=1S/C22H28N5O3/c1-13(2)11-12-25-20(28)18-19(24(5)22(25)29)23-21-26(14(3)15(4)27(18)21)16-9-7-8-10-17(16)30-6/h7-10,13,18H,11-12H2,1-6H3/q+1. The summed E-state index contributed by atoms with van der Waals surface area (Å²) in [5.74, 6) is 1.97. The van der Waals surface area contributed by atoms with Crippen LogP contribution in [0.3, 0.4) is 0 Å². The molecule has 8 nitrogen and oxygen atoms in total. The molecule has 1 saturated heterocycles. The molecule has 0 radical (unpaired) electrons. The van der Waals surface area contributed by atoms with Crippen molar-refractivity contribution < 1.29 is 18.9 Å². The molecule has 30 heavy (non-hydrogen) atoms. The number of likely N-dealkylation sites (N-methyl/N-ethyl adjacent to an activating group) is 1. The zero-order valence-electron chi connectivity index (χ0n) is 18.3. The minimum Gasteiger partial charge on any atom is -0.493 e. The summed E-state index contributed by atoms with van der Waals surface area (Å²) < 4.78 is 9.48. The monoisotopic (exact) mass is 410 g/mol. The van der Waals surface area contributed by atoms with Crippen molar-refractivity contribution in [2.45, 2.75) is 40.2 Å². The van der Waals surface area contributed by atoms with Gasteiger partial charge in [-0.05, 0) is 38.3 Å². The topological polar surface area (TPSA) is 71.0 Å². The lowest BCUT2D eigenvalue weighted by molar-refractivity contribution is -0.682. The summed E-state index contributed by atoms with van der Waals surface area (Å²) in [6.45, 7) is 8.55. The van der Waals surface area contributed by atoms with Gasteiger partial charge in [0.05, 0.1) is 7.11 Å². The Morgan fingerprint density at radius 3 is 2.57 bits per heavy atom. The number of amides is 3. The third kappa shape index (κ3) is 2.81. The van der Waals surface area contributed by atoms with E-state index in [9.17, 15) is 9.59 Å². The molecule has 3 heterocycles. The number of rotatable bonds is 5. The van der Waals surface area contributed by atoms with Gasteiger partial charge < -0.3 is 4.74 Å². The van der Waals surface area contributed by atoms with Crippen LogP contribution >= 0.6 is 0 Å². The lowest BCUT2D eigenvalue weighted by Crippen LogP contribution is -2.63. The maximum absolute atomic E-state index is 13.4. The molecule has 3 amide bonds. The minimum absolute atomic E-state index is 0.221. The maximum atomic E-state index is 13.4. The van der Waals surface area contributed by atoms with Gasteiger partial charge in [-0.3, -0.25) is 14.6 Å². The van der Waals surface area contributed by atoms with E-state index in [4.69, 9.17) is 9.73 Å². The van der Waals surface area contributed by atoms with Crippen molar-refractivity contribution in [3.8, 4) is 11.4 Å². The fourth-order valence-corrected chi connectivity index (χ4v) is 4.13. The molecule has 0 saturated carbocycles. The van der Waals surface area contributed by atoms with Gasteiger partial charge in [0.15, 0.2) is 5.75 Å². The number of imide groups is 1. The second-order valence-corrected chi connectivity index (χ2v) is 8.23. The first kappa shape index (κ1) is 20.1. The Bertz CT molecular complexity index is 1070. The number of carbonyl (C=O) groups excluding carboxylic acids is 2. The Balaban J connectivity index is 1.86. The minimum atomic E-state index is -0.635. The van der Waals surface area contributed by atoms with Gasteiger partial charge in [-0.1, -0.05) is 31.0 Å². The summed E-state index contributed by atoms with van der Waals surface area (Å²) in [4.78, 5) is 33.9.